The maximum atomic E-state index is 14.4. The molecule has 17 atom stereocenters. The van der Waals surface area contributed by atoms with Crippen LogP contribution < -0.4 is 36.4 Å². The van der Waals surface area contributed by atoms with E-state index in [-0.39, 0.29) is 91.3 Å². The topological polar surface area (TPSA) is 469 Å². The van der Waals surface area contributed by atoms with Gasteiger partial charge in [-0.1, -0.05) is 24.4 Å². The molecule has 3 aliphatic heterocycles. The number of amides is 6. The molecule has 88 heavy (non-hydrogen) atoms. The zero-order chi connectivity index (χ0) is 65.3. The molecule has 3 fully saturated rings. The second-order valence-electron chi connectivity index (χ2n) is 21.8. The van der Waals surface area contributed by atoms with Gasteiger partial charge in [0.05, 0.1) is 104 Å². The largest absolute Gasteiger partial charge is 0.436 e. The third-order valence-electron chi connectivity index (χ3n) is 13.8. The lowest BCUT2D eigenvalue weighted by Crippen LogP contribution is -2.64. The molecule has 0 radical (unpaired) electrons. The standard InChI is InChI=1S/C53H90N7O26PS/c1-29(64)57-40-46(72)43(69)35(26-61)83-50(40)80-20-17-77-14-11-54-38(67)24-60(25-39(68)55-12-15-78-18-21-81-51-41(58-30(2)65)47(73)44(70)36(27-62)84-51)34(23-32-7-9-33(10-8-32)86-87(76,88)53(4,5)6)49(75)56-13-16-79-19-22-82-52-42(59-31(3)66)48(74)45(71)37(28-63)85-52/h7-10,34-37,40-48,50-52,61-63,69-74H,11-28H2,1-6H3,(H,54,67)(H,55,68)(H,56,75)(H,57,64)(H,58,65)(H,59,66)(H,76,88). The minimum absolute atomic E-state index is 0.0741. The number of aliphatic hydroxyl groups excluding tert-OH is 9. The molecular formula is C53H90N7O26PS. The van der Waals surface area contributed by atoms with Gasteiger partial charge in [0, 0.05) is 40.4 Å². The summed E-state index contributed by atoms with van der Waals surface area (Å²) in [5.41, 5.74) is 0.519. The van der Waals surface area contributed by atoms with Crippen LogP contribution >= 0.6 is 18.8 Å². The van der Waals surface area contributed by atoms with Crippen LogP contribution in [0.3, 0.4) is 0 Å². The number of aliphatic hydroxyl groups is 9. The summed E-state index contributed by atoms with van der Waals surface area (Å²) in [6.07, 6.45) is -16.7. The normalized spacial score (nSPS) is 28.4. The van der Waals surface area contributed by atoms with E-state index in [2.05, 4.69) is 44.1 Å². The van der Waals surface area contributed by atoms with Gasteiger partial charge < -0.3 is 125 Å². The number of carbonyl (C=O) groups excluding carboxylic acids is 6. The van der Waals surface area contributed by atoms with Crippen molar-refractivity contribution in [2.24, 2.45) is 0 Å². The minimum atomic E-state index is -3.48. The molecule has 33 nitrogen and oxygen atoms in total. The number of nitrogens with one attached hydrogen (secondary N) is 6. The highest BCUT2D eigenvalue weighted by Gasteiger charge is 2.48. The first kappa shape index (κ1) is 76.1. The lowest BCUT2D eigenvalue weighted by Gasteiger charge is -2.42. The van der Waals surface area contributed by atoms with Gasteiger partial charge >= 0.3 is 6.57 Å². The van der Waals surface area contributed by atoms with Gasteiger partial charge in [0.15, 0.2) is 18.9 Å². The Morgan fingerprint density at radius 1 is 0.545 bits per heavy atom. The average molecular weight is 1300 g/mol. The van der Waals surface area contributed by atoms with Crippen molar-refractivity contribution in [3.05, 3.63) is 29.8 Å². The molecule has 3 heterocycles. The molecular weight excluding hydrogens is 1210 g/mol. The minimum Gasteiger partial charge on any atom is -0.436 e. The molecule has 504 valence electrons. The van der Waals surface area contributed by atoms with Gasteiger partial charge in [0.25, 0.3) is 0 Å². The number of ether oxygens (including phenoxy) is 9. The number of thiol groups is 1. The van der Waals surface area contributed by atoms with Crippen molar-refractivity contribution in [2.75, 3.05) is 112 Å². The Labute approximate surface area is 514 Å². The van der Waals surface area contributed by atoms with Crippen LogP contribution in [0.15, 0.2) is 24.3 Å². The van der Waals surface area contributed by atoms with E-state index < -0.39 is 178 Å². The molecule has 0 aromatic heterocycles. The molecule has 15 N–H and O–H groups in total. The smallest absolute Gasteiger partial charge is 0.305 e. The lowest BCUT2D eigenvalue weighted by molar-refractivity contribution is -0.272. The summed E-state index contributed by atoms with van der Waals surface area (Å²) in [5, 5.41) is 106. The fourth-order valence-electron chi connectivity index (χ4n) is 9.04. The molecule has 0 saturated carbocycles. The number of nitrogens with zero attached hydrogens (tertiary/aromatic N) is 1. The van der Waals surface area contributed by atoms with Gasteiger partial charge in [0.2, 0.25) is 35.4 Å². The van der Waals surface area contributed by atoms with Crippen LogP contribution in [0.1, 0.15) is 47.1 Å². The van der Waals surface area contributed by atoms with Crippen LogP contribution in [0.2, 0.25) is 0 Å². The maximum Gasteiger partial charge on any atom is 0.305 e. The Hall–Kier alpha value is -4.34. The van der Waals surface area contributed by atoms with Gasteiger partial charge in [-0.05, 0) is 44.9 Å². The molecule has 17 unspecified atom stereocenters. The number of benzene rings is 1. The summed E-state index contributed by atoms with van der Waals surface area (Å²) in [6.45, 7) is 0.967. The van der Waals surface area contributed by atoms with Gasteiger partial charge in [-0.3, -0.25) is 38.2 Å². The van der Waals surface area contributed by atoms with Crippen molar-refractivity contribution in [2.45, 2.75) is 151 Å². The summed E-state index contributed by atoms with van der Waals surface area (Å²) >= 11 is 4.30. The van der Waals surface area contributed by atoms with Gasteiger partial charge in [-0.25, -0.2) is 0 Å². The quantitative estimate of drug-likeness (QED) is 0.0167. The number of hydrogen-bond acceptors (Lipinski definition) is 27. The maximum absolute atomic E-state index is 14.4. The van der Waals surface area contributed by atoms with E-state index in [1.807, 2.05) is 0 Å². The fraction of sp³-hybridized carbons (Fsp3) is 0.774. The van der Waals surface area contributed by atoms with Crippen molar-refractivity contribution in [3.63, 3.8) is 0 Å². The monoisotopic (exact) mass is 1300 g/mol. The van der Waals surface area contributed by atoms with Crippen molar-refractivity contribution in [1.29, 1.82) is 0 Å². The predicted molar refractivity (Wildman–Crippen MR) is 308 cm³/mol. The van der Waals surface area contributed by atoms with E-state index in [0.29, 0.717) is 5.56 Å². The van der Waals surface area contributed by atoms with E-state index in [4.69, 9.17) is 47.2 Å². The van der Waals surface area contributed by atoms with Crippen LogP contribution in [0.4, 0.5) is 0 Å². The number of hydrogen-bond donors (Lipinski definition) is 16. The van der Waals surface area contributed by atoms with Crippen molar-refractivity contribution >= 4 is 54.3 Å². The Morgan fingerprint density at radius 3 is 1.20 bits per heavy atom. The van der Waals surface area contributed by atoms with E-state index in [1.54, 1.807) is 32.9 Å². The molecule has 3 saturated heterocycles. The molecule has 4 rings (SSSR count). The highest BCUT2D eigenvalue weighted by atomic mass is 32.7. The zero-order valence-corrected chi connectivity index (χ0v) is 51.9. The van der Waals surface area contributed by atoms with Crippen LogP contribution in [0, 0.1) is 0 Å². The zero-order valence-electron chi connectivity index (χ0n) is 50.1. The number of carbonyl (C=O) groups is 6. The second-order valence-corrected chi connectivity index (χ2v) is 25.9. The fourth-order valence-corrected chi connectivity index (χ4v) is 10.0. The Balaban J connectivity index is 1.45. The van der Waals surface area contributed by atoms with Crippen LogP contribution in [-0.2, 0) is 82.4 Å². The summed E-state index contributed by atoms with van der Waals surface area (Å²) in [4.78, 5) is 78.8. The van der Waals surface area contributed by atoms with Gasteiger partial charge in [-0.15, -0.1) is 0 Å². The lowest BCUT2D eigenvalue weighted by atomic mass is 9.97. The van der Waals surface area contributed by atoms with Crippen LogP contribution in [-0.4, -0.2) is 301 Å². The highest BCUT2D eigenvalue weighted by molar-refractivity contribution is 8.46. The SMILES string of the molecule is CC(=O)NC1C(OCCOCCNC(=O)CN(CC(=O)NCCOCCOC2OC(CO)C(O)C(O)C2NC(C)=O)C(Cc2ccc(OP(=O)(S)C(C)(C)C)cc2)C(=O)NCCOCCOC2OC(CO)C(O)C(O)C2NC(C)=O)OC(CO)C(O)C1O. The molecule has 0 aliphatic carbocycles. The summed E-state index contributed by atoms with van der Waals surface area (Å²) in [6, 6.07) is 1.48. The van der Waals surface area contributed by atoms with Crippen LogP contribution in [0.5, 0.6) is 5.75 Å². The molecule has 35 heteroatoms. The third kappa shape index (κ3) is 24.4. The van der Waals surface area contributed by atoms with E-state index in [0.717, 1.165) is 0 Å². The van der Waals surface area contributed by atoms with Gasteiger partial charge in [0.1, 0.15) is 78.8 Å². The molecule has 3 aliphatic rings. The van der Waals surface area contributed by atoms with E-state index in [9.17, 15) is 79.3 Å². The molecule has 1 aromatic carbocycles. The molecule has 1 aromatic rings. The van der Waals surface area contributed by atoms with Crippen molar-refractivity contribution < 1.29 is 126 Å². The summed E-state index contributed by atoms with van der Waals surface area (Å²) in [7, 11) is 0. The molecule has 0 bridgehead atoms. The highest BCUT2D eigenvalue weighted by Crippen LogP contribution is 2.62. The molecule has 6 amide bonds. The summed E-state index contributed by atoms with van der Waals surface area (Å²) in [5.74, 6) is -3.35. The molecule has 0 spiro atoms. The first-order valence-electron chi connectivity index (χ1n) is 28.6. The van der Waals surface area contributed by atoms with Crippen molar-refractivity contribution in [3.8, 4) is 5.75 Å². The Bertz CT molecular complexity index is 2290. The average Bonchev–Trinajstić information content (AvgIpc) is 3.22. The van der Waals surface area contributed by atoms with Gasteiger partial charge in [-0.2, -0.15) is 0 Å². The van der Waals surface area contributed by atoms with E-state index in [1.165, 1.54) is 37.8 Å². The predicted octanol–water partition coefficient (Wildman–Crippen LogP) is -6.52. The third-order valence-corrected chi connectivity index (χ3v) is 18.0. The van der Waals surface area contributed by atoms with E-state index >= 15 is 0 Å². The van der Waals surface area contributed by atoms with Crippen molar-refractivity contribution in [1.82, 2.24) is 36.8 Å². The number of rotatable bonds is 37. The van der Waals surface area contributed by atoms with Crippen LogP contribution in [0.25, 0.3) is 0 Å². The summed E-state index contributed by atoms with van der Waals surface area (Å²) < 4.78 is 69.7. The second kappa shape index (κ2) is 37.9. The first-order chi connectivity index (χ1) is 41.6. The first-order valence-corrected chi connectivity index (χ1v) is 31.3. The Morgan fingerprint density at radius 2 is 0.886 bits per heavy atom. The Kier molecular flexibility index (Phi) is 32.7.